The molecule has 2 aromatic rings. The predicted molar refractivity (Wildman–Crippen MR) is 88.7 cm³/mol. The summed E-state index contributed by atoms with van der Waals surface area (Å²) in [5, 5.41) is 0.731. The van der Waals surface area contributed by atoms with Crippen LogP contribution in [0.1, 0.15) is 64.2 Å². The number of fused-ring (bicyclic) bond motifs is 1. The topological polar surface area (TPSA) is 43.8 Å². The van der Waals surface area contributed by atoms with E-state index >= 15 is 0 Å². The van der Waals surface area contributed by atoms with Crippen molar-refractivity contribution in [3.8, 4) is 0 Å². The van der Waals surface area contributed by atoms with Crippen molar-refractivity contribution in [1.82, 2.24) is 9.55 Å². The minimum absolute atomic E-state index is 0.299. The molecule has 1 saturated carbocycles. The van der Waals surface area contributed by atoms with Crippen molar-refractivity contribution in [3.63, 3.8) is 0 Å². The number of benzene rings is 1. The Morgan fingerprint density at radius 2 is 1.86 bits per heavy atom. The molecule has 0 radical (unpaired) electrons. The Hall–Kier alpha value is -1.06. The quantitative estimate of drug-likeness (QED) is 0.811. The van der Waals surface area contributed by atoms with Crippen LogP contribution in [0.15, 0.2) is 18.2 Å². The molecular weight excluding hydrogens is 282 g/mol. The Labute approximate surface area is 131 Å². The highest BCUT2D eigenvalue weighted by atomic mass is 35.5. The average Bonchev–Trinajstić information content (AvgIpc) is 2.68. The molecule has 0 bridgehead atoms. The molecule has 0 aliphatic heterocycles. The molecule has 1 heterocycles. The largest absolute Gasteiger partial charge is 0.324 e. The highest BCUT2D eigenvalue weighted by Crippen LogP contribution is 2.36. The lowest BCUT2D eigenvalue weighted by Crippen LogP contribution is -2.39. The molecule has 1 aromatic heterocycles. The lowest BCUT2D eigenvalue weighted by Gasteiger charge is -2.29. The van der Waals surface area contributed by atoms with Crippen LogP contribution in [0.5, 0.6) is 0 Å². The van der Waals surface area contributed by atoms with Crippen LogP contribution in [-0.2, 0) is 5.54 Å². The second kappa shape index (κ2) is 5.62. The molecular formula is C17H24ClN3. The molecule has 1 aromatic carbocycles. The van der Waals surface area contributed by atoms with Gasteiger partial charge in [0.25, 0.3) is 0 Å². The van der Waals surface area contributed by atoms with E-state index in [1.54, 1.807) is 0 Å². The molecule has 3 nitrogen and oxygen atoms in total. The standard InChI is InChI=1S/C17H24ClN3/c1-12(2)21-15-8-7-13(18)11-14(15)20-16(21)17(19)9-5-3-4-6-10-17/h7-8,11-12H,3-6,9-10,19H2,1-2H3. The van der Waals surface area contributed by atoms with E-state index in [0.29, 0.717) is 6.04 Å². The molecule has 1 aliphatic carbocycles. The summed E-state index contributed by atoms with van der Waals surface area (Å²) in [6.07, 6.45) is 7.00. The second-order valence-electron chi connectivity index (χ2n) is 6.60. The van der Waals surface area contributed by atoms with Crippen molar-refractivity contribution in [3.05, 3.63) is 29.0 Å². The fourth-order valence-corrected chi connectivity index (χ4v) is 3.70. The van der Waals surface area contributed by atoms with E-state index in [4.69, 9.17) is 22.3 Å². The van der Waals surface area contributed by atoms with Gasteiger partial charge in [-0.1, -0.05) is 37.3 Å². The molecule has 114 valence electrons. The molecule has 1 aliphatic rings. The summed E-state index contributed by atoms with van der Waals surface area (Å²) in [5.74, 6) is 1.04. The van der Waals surface area contributed by atoms with Gasteiger partial charge in [-0.15, -0.1) is 0 Å². The van der Waals surface area contributed by atoms with Crippen LogP contribution in [0, 0.1) is 0 Å². The maximum absolute atomic E-state index is 6.80. The zero-order chi connectivity index (χ0) is 15.0. The van der Waals surface area contributed by atoms with Gasteiger partial charge >= 0.3 is 0 Å². The Kier molecular flexibility index (Phi) is 3.98. The number of nitrogens with two attached hydrogens (primary N) is 1. The molecule has 2 N–H and O–H groups in total. The summed E-state index contributed by atoms with van der Waals surface area (Å²) in [6, 6.07) is 6.28. The monoisotopic (exact) mass is 305 g/mol. The Balaban J connectivity index is 2.18. The van der Waals surface area contributed by atoms with Gasteiger partial charge in [-0.05, 0) is 44.9 Å². The first-order valence-electron chi connectivity index (χ1n) is 7.98. The zero-order valence-corrected chi connectivity index (χ0v) is 13.7. The Morgan fingerprint density at radius 3 is 2.48 bits per heavy atom. The Morgan fingerprint density at radius 1 is 1.19 bits per heavy atom. The predicted octanol–water partition coefficient (Wildman–Crippen LogP) is 4.78. The van der Waals surface area contributed by atoms with E-state index in [9.17, 15) is 0 Å². The molecule has 1 fully saturated rings. The minimum atomic E-state index is -0.299. The number of aromatic nitrogens is 2. The minimum Gasteiger partial charge on any atom is -0.324 e. The van der Waals surface area contributed by atoms with E-state index in [1.807, 2.05) is 12.1 Å². The van der Waals surface area contributed by atoms with Crippen LogP contribution in [0.25, 0.3) is 11.0 Å². The van der Waals surface area contributed by atoms with Crippen LogP contribution in [0.2, 0.25) is 5.02 Å². The third-order valence-electron chi connectivity index (χ3n) is 4.61. The lowest BCUT2D eigenvalue weighted by atomic mass is 9.90. The fraction of sp³-hybridized carbons (Fsp3) is 0.588. The van der Waals surface area contributed by atoms with Crippen molar-refractivity contribution in [2.24, 2.45) is 5.73 Å². The molecule has 4 heteroatoms. The number of halogens is 1. The van der Waals surface area contributed by atoms with Crippen molar-refractivity contribution in [1.29, 1.82) is 0 Å². The van der Waals surface area contributed by atoms with Crippen LogP contribution in [0.4, 0.5) is 0 Å². The normalized spacial score (nSPS) is 19.1. The van der Waals surface area contributed by atoms with E-state index in [-0.39, 0.29) is 5.54 Å². The highest BCUT2D eigenvalue weighted by molar-refractivity contribution is 6.31. The molecule has 21 heavy (non-hydrogen) atoms. The first-order chi connectivity index (χ1) is 10.0. The first-order valence-corrected chi connectivity index (χ1v) is 8.36. The summed E-state index contributed by atoms with van der Waals surface area (Å²) in [4.78, 5) is 4.89. The van der Waals surface area contributed by atoms with Gasteiger partial charge in [0.15, 0.2) is 0 Å². The SMILES string of the molecule is CC(C)n1c(C2(N)CCCCCC2)nc2cc(Cl)ccc21. The summed E-state index contributed by atoms with van der Waals surface area (Å²) < 4.78 is 2.30. The van der Waals surface area contributed by atoms with Gasteiger partial charge in [0.05, 0.1) is 16.6 Å². The van der Waals surface area contributed by atoms with Crippen LogP contribution in [0.3, 0.4) is 0 Å². The molecule has 3 rings (SSSR count). The third kappa shape index (κ3) is 2.69. The van der Waals surface area contributed by atoms with E-state index in [2.05, 4.69) is 24.5 Å². The smallest absolute Gasteiger partial charge is 0.130 e. The summed E-state index contributed by atoms with van der Waals surface area (Å²) in [7, 11) is 0. The maximum Gasteiger partial charge on any atom is 0.130 e. The first kappa shape index (κ1) is 14.9. The van der Waals surface area contributed by atoms with Crippen LogP contribution >= 0.6 is 11.6 Å². The Bertz CT molecular complexity index is 637. The average molecular weight is 306 g/mol. The summed E-state index contributed by atoms with van der Waals surface area (Å²) in [6.45, 7) is 4.39. The fourth-order valence-electron chi connectivity index (χ4n) is 3.53. The highest BCUT2D eigenvalue weighted by Gasteiger charge is 2.34. The molecule has 0 unspecified atom stereocenters. The lowest BCUT2D eigenvalue weighted by molar-refractivity contribution is 0.342. The van der Waals surface area contributed by atoms with Gasteiger partial charge in [-0.2, -0.15) is 0 Å². The van der Waals surface area contributed by atoms with Gasteiger partial charge < -0.3 is 10.3 Å². The number of imidazole rings is 1. The maximum atomic E-state index is 6.80. The van der Waals surface area contributed by atoms with Crippen LogP contribution in [-0.4, -0.2) is 9.55 Å². The van der Waals surface area contributed by atoms with Gasteiger partial charge in [-0.25, -0.2) is 4.98 Å². The summed E-state index contributed by atoms with van der Waals surface area (Å²) >= 11 is 6.13. The van der Waals surface area contributed by atoms with E-state index in [1.165, 1.54) is 25.7 Å². The second-order valence-corrected chi connectivity index (χ2v) is 7.04. The molecule has 0 amide bonds. The number of nitrogens with zero attached hydrogens (tertiary/aromatic N) is 2. The number of rotatable bonds is 2. The number of hydrogen-bond donors (Lipinski definition) is 1. The van der Waals surface area contributed by atoms with Crippen molar-refractivity contribution in [2.75, 3.05) is 0 Å². The molecule has 0 saturated heterocycles. The number of hydrogen-bond acceptors (Lipinski definition) is 2. The van der Waals surface area contributed by atoms with Crippen molar-refractivity contribution >= 4 is 22.6 Å². The van der Waals surface area contributed by atoms with Crippen molar-refractivity contribution < 1.29 is 0 Å². The van der Waals surface area contributed by atoms with Gasteiger partial charge in [-0.3, -0.25) is 0 Å². The van der Waals surface area contributed by atoms with Gasteiger partial charge in [0.2, 0.25) is 0 Å². The zero-order valence-electron chi connectivity index (χ0n) is 12.9. The van der Waals surface area contributed by atoms with E-state index < -0.39 is 0 Å². The van der Waals surface area contributed by atoms with Crippen LogP contribution < -0.4 is 5.73 Å². The molecule has 0 spiro atoms. The third-order valence-corrected chi connectivity index (χ3v) is 4.84. The molecule has 0 atom stereocenters. The summed E-state index contributed by atoms with van der Waals surface area (Å²) in [5.41, 5.74) is 8.60. The van der Waals surface area contributed by atoms with Gasteiger partial charge in [0, 0.05) is 11.1 Å². The van der Waals surface area contributed by atoms with Gasteiger partial charge in [0.1, 0.15) is 5.82 Å². The van der Waals surface area contributed by atoms with E-state index in [0.717, 1.165) is 34.7 Å². The van der Waals surface area contributed by atoms with Crippen molar-refractivity contribution in [2.45, 2.75) is 64.0 Å².